The fourth-order valence-electron chi connectivity index (χ4n) is 2.15. The predicted molar refractivity (Wildman–Crippen MR) is 84.2 cm³/mol. The molecule has 112 valence electrons. The Bertz CT molecular complexity index is 598. The van der Waals surface area contributed by atoms with Gasteiger partial charge in [0.1, 0.15) is 18.2 Å². The number of rotatable bonds is 6. The third-order valence-electron chi connectivity index (χ3n) is 3.51. The molecule has 0 heterocycles. The minimum Gasteiger partial charge on any atom is -0.492 e. The molecule has 0 spiro atoms. The Hall–Kier alpha value is -1.87. The van der Waals surface area contributed by atoms with Crippen LogP contribution in [0.25, 0.3) is 0 Å². The van der Waals surface area contributed by atoms with Gasteiger partial charge in [-0.05, 0) is 55.7 Å². The summed E-state index contributed by atoms with van der Waals surface area (Å²) in [6.45, 7) is 7.13. The average molecular weight is 287 g/mol. The first-order valence-corrected chi connectivity index (χ1v) is 7.25. The number of nitrogens with one attached hydrogen (secondary N) is 1. The largest absolute Gasteiger partial charge is 0.492 e. The van der Waals surface area contributed by atoms with Crippen LogP contribution in [0, 0.1) is 19.7 Å². The molecule has 0 fully saturated rings. The number of hydrogen-bond donors (Lipinski definition) is 1. The Labute approximate surface area is 126 Å². The van der Waals surface area contributed by atoms with E-state index in [4.69, 9.17) is 4.74 Å². The molecule has 0 aliphatic heterocycles. The quantitative estimate of drug-likeness (QED) is 0.805. The van der Waals surface area contributed by atoms with Gasteiger partial charge >= 0.3 is 0 Å². The van der Waals surface area contributed by atoms with Gasteiger partial charge in [0.25, 0.3) is 0 Å². The van der Waals surface area contributed by atoms with E-state index in [1.54, 1.807) is 13.0 Å². The molecule has 3 heteroatoms. The van der Waals surface area contributed by atoms with Crippen LogP contribution in [0.2, 0.25) is 0 Å². The van der Waals surface area contributed by atoms with Gasteiger partial charge in [-0.3, -0.25) is 0 Å². The van der Waals surface area contributed by atoms with Crippen molar-refractivity contribution in [2.24, 2.45) is 0 Å². The van der Waals surface area contributed by atoms with E-state index in [9.17, 15) is 4.39 Å². The highest BCUT2D eigenvalue weighted by Gasteiger charge is 2.07. The molecule has 0 saturated heterocycles. The van der Waals surface area contributed by atoms with Crippen LogP contribution in [-0.2, 0) is 0 Å². The maximum absolute atomic E-state index is 13.5. The van der Waals surface area contributed by atoms with E-state index in [2.05, 4.69) is 5.32 Å². The zero-order valence-electron chi connectivity index (χ0n) is 12.8. The van der Waals surface area contributed by atoms with Crippen molar-refractivity contribution in [3.05, 3.63) is 65.0 Å². The Kier molecular flexibility index (Phi) is 5.34. The lowest BCUT2D eigenvalue weighted by atomic mass is 10.1. The second kappa shape index (κ2) is 7.23. The van der Waals surface area contributed by atoms with Crippen molar-refractivity contribution in [3.8, 4) is 5.75 Å². The molecule has 0 aliphatic carbocycles. The third kappa shape index (κ3) is 4.57. The predicted octanol–water partition coefficient (Wildman–Crippen LogP) is 4.17. The van der Waals surface area contributed by atoms with Gasteiger partial charge in [0.2, 0.25) is 0 Å². The van der Waals surface area contributed by atoms with Crippen molar-refractivity contribution in [1.29, 1.82) is 0 Å². The lowest BCUT2D eigenvalue weighted by Crippen LogP contribution is -2.24. The van der Waals surface area contributed by atoms with Gasteiger partial charge in [0, 0.05) is 12.6 Å². The normalized spacial score (nSPS) is 12.2. The Morgan fingerprint density at radius 1 is 1.14 bits per heavy atom. The maximum atomic E-state index is 13.5. The standard InChI is InChI=1S/C18H22FNO/c1-13-5-4-6-17(11-13)21-10-9-20-15(3)16-8-7-14(2)18(19)12-16/h4-8,11-12,15,20H,9-10H2,1-3H3. The maximum Gasteiger partial charge on any atom is 0.126 e. The zero-order chi connectivity index (χ0) is 15.2. The minimum atomic E-state index is -0.155. The molecule has 0 aromatic heterocycles. The second-order valence-electron chi connectivity index (χ2n) is 5.35. The molecule has 2 nitrogen and oxygen atoms in total. The molecule has 1 unspecified atom stereocenters. The van der Waals surface area contributed by atoms with E-state index in [1.807, 2.05) is 50.2 Å². The first kappa shape index (κ1) is 15.5. The Morgan fingerprint density at radius 2 is 1.95 bits per heavy atom. The summed E-state index contributed by atoms with van der Waals surface area (Å²) in [6, 6.07) is 13.4. The number of benzene rings is 2. The summed E-state index contributed by atoms with van der Waals surface area (Å²) in [5.41, 5.74) is 2.81. The lowest BCUT2D eigenvalue weighted by Gasteiger charge is -2.15. The number of ether oxygens (including phenoxy) is 1. The van der Waals surface area contributed by atoms with E-state index in [-0.39, 0.29) is 11.9 Å². The molecular formula is C18H22FNO. The third-order valence-corrected chi connectivity index (χ3v) is 3.51. The van der Waals surface area contributed by atoms with E-state index >= 15 is 0 Å². The molecule has 2 aromatic rings. The Morgan fingerprint density at radius 3 is 2.67 bits per heavy atom. The van der Waals surface area contributed by atoms with Crippen molar-refractivity contribution >= 4 is 0 Å². The highest BCUT2D eigenvalue weighted by molar-refractivity contribution is 5.27. The summed E-state index contributed by atoms with van der Waals surface area (Å²) in [7, 11) is 0. The topological polar surface area (TPSA) is 21.3 Å². The first-order valence-electron chi connectivity index (χ1n) is 7.25. The molecular weight excluding hydrogens is 265 g/mol. The van der Waals surface area contributed by atoms with Gasteiger partial charge < -0.3 is 10.1 Å². The van der Waals surface area contributed by atoms with Gasteiger partial charge in [0.15, 0.2) is 0 Å². The summed E-state index contributed by atoms with van der Waals surface area (Å²) < 4.78 is 19.2. The molecule has 0 bridgehead atoms. The summed E-state index contributed by atoms with van der Waals surface area (Å²) >= 11 is 0. The molecule has 2 aromatic carbocycles. The molecule has 21 heavy (non-hydrogen) atoms. The molecule has 1 N–H and O–H groups in total. The van der Waals surface area contributed by atoms with E-state index in [1.165, 1.54) is 5.56 Å². The van der Waals surface area contributed by atoms with Crippen LogP contribution in [0.5, 0.6) is 5.75 Å². The summed E-state index contributed by atoms with van der Waals surface area (Å²) in [4.78, 5) is 0. The van der Waals surface area contributed by atoms with Crippen molar-refractivity contribution in [3.63, 3.8) is 0 Å². The van der Waals surface area contributed by atoms with Gasteiger partial charge in [-0.15, -0.1) is 0 Å². The van der Waals surface area contributed by atoms with E-state index < -0.39 is 0 Å². The fourth-order valence-corrected chi connectivity index (χ4v) is 2.15. The molecule has 0 aliphatic rings. The van der Waals surface area contributed by atoms with Crippen molar-refractivity contribution < 1.29 is 9.13 Å². The van der Waals surface area contributed by atoms with E-state index in [0.29, 0.717) is 18.7 Å². The van der Waals surface area contributed by atoms with Gasteiger partial charge in [-0.1, -0.05) is 24.3 Å². The number of hydrogen-bond acceptors (Lipinski definition) is 2. The SMILES string of the molecule is Cc1cccc(OCCNC(C)c2ccc(C)c(F)c2)c1. The molecule has 0 saturated carbocycles. The second-order valence-corrected chi connectivity index (χ2v) is 5.35. The van der Waals surface area contributed by atoms with Crippen LogP contribution in [0.15, 0.2) is 42.5 Å². The highest BCUT2D eigenvalue weighted by atomic mass is 19.1. The van der Waals surface area contributed by atoms with Crippen molar-refractivity contribution in [2.75, 3.05) is 13.2 Å². The number of aryl methyl sites for hydroxylation is 2. The fraction of sp³-hybridized carbons (Fsp3) is 0.333. The van der Waals surface area contributed by atoms with Crippen LogP contribution >= 0.6 is 0 Å². The highest BCUT2D eigenvalue weighted by Crippen LogP contribution is 2.16. The van der Waals surface area contributed by atoms with Crippen LogP contribution in [0.3, 0.4) is 0 Å². The average Bonchev–Trinajstić information content (AvgIpc) is 2.46. The summed E-state index contributed by atoms with van der Waals surface area (Å²) in [5.74, 6) is 0.725. The minimum absolute atomic E-state index is 0.0983. The van der Waals surface area contributed by atoms with Gasteiger partial charge in [-0.2, -0.15) is 0 Å². The van der Waals surface area contributed by atoms with Crippen LogP contribution in [-0.4, -0.2) is 13.2 Å². The summed E-state index contributed by atoms with van der Waals surface area (Å²) in [6.07, 6.45) is 0. The summed E-state index contributed by atoms with van der Waals surface area (Å²) in [5, 5.41) is 3.34. The van der Waals surface area contributed by atoms with Crippen LogP contribution in [0.4, 0.5) is 4.39 Å². The van der Waals surface area contributed by atoms with Crippen LogP contribution in [0.1, 0.15) is 29.7 Å². The van der Waals surface area contributed by atoms with Crippen LogP contribution < -0.4 is 10.1 Å². The van der Waals surface area contributed by atoms with Crippen molar-refractivity contribution in [2.45, 2.75) is 26.8 Å². The molecule has 0 radical (unpaired) electrons. The molecule has 1 atom stereocenters. The molecule has 0 amide bonds. The smallest absolute Gasteiger partial charge is 0.126 e. The molecule has 2 rings (SSSR count). The van der Waals surface area contributed by atoms with Gasteiger partial charge in [0.05, 0.1) is 0 Å². The van der Waals surface area contributed by atoms with E-state index in [0.717, 1.165) is 11.3 Å². The monoisotopic (exact) mass is 287 g/mol. The van der Waals surface area contributed by atoms with Crippen molar-refractivity contribution in [1.82, 2.24) is 5.32 Å². The first-order chi connectivity index (χ1) is 10.1. The Balaban J connectivity index is 1.79. The zero-order valence-corrected chi connectivity index (χ0v) is 12.8. The number of halogens is 1. The van der Waals surface area contributed by atoms with Gasteiger partial charge in [-0.25, -0.2) is 4.39 Å². The lowest BCUT2D eigenvalue weighted by molar-refractivity contribution is 0.307.